The van der Waals surface area contributed by atoms with E-state index in [0.717, 1.165) is 19.4 Å². The van der Waals surface area contributed by atoms with Crippen LogP contribution in [0.1, 0.15) is 39.5 Å². The van der Waals surface area contributed by atoms with Gasteiger partial charge in [0.1, 0.15) is 0 Å². The first-order chi connectivity index (χ1) is 10.8. The number of carbonyl (C=O) groups excluding carboxylic acids is 2. The zero-order valence-corrected chi connectivity index (χ0v) is 13.9. The molecule has 0 aromatic carbocycles. The molecular formula is C17H26N2O4. The minimum atomic E-state index is -0.899. The number of rotatable bonds is 5. The number of hydrogen-bond acceptors (Lipinski definition) is 3. The number of piperidine rings is 1. The lowest BCUT2D eigenvalue weighted by atomic mass is 9.96. The molecule has 128 valence electrons. The highest BCUT2D eigenvalue weighted by Gasteiger charge is 2.66. The molecule has 1 heterocycles. The predicted octanol–water partition coefficient (Wildman–Crippen LogP) is 1.11. The van der Waals surface area contributed by atoms with Gasteiger partial charge in [-0.1, -0.05) is 13.8 Å². The summed E-state index contributed by atoms with van der Waals surface area (Å²) in [6, 6.07) is 0. The minimum Gasteiger partial charge on any atom is -0.481 e. The number of amides is 2. The highest BCUT2D eigenvalue weighted by Crippen LogP contribution is 2.59. The van der Waals surface area contributed by atoms with Crippen molar-refractivity contribution in [1.29, 1.82) is 0 Å². The van der Waals surface area contributed by atoms with Crippen LogP contribution < -0.4 is 5.32 Å². The van der Waals surface area contributed by atoms with Gasteiger partial charge >= 0.3 is 5.97 Å². The van der Waals surface area contributed by atoms with Crippen molar-refractivity contribution in [3.05, 3.63) is 0 Å². The molecule has 0 aromatic rings. The van der Waals surface area contributed by atoms with Crippen LogP contribution in [0.2, 0.25) is 0 Å². The number of likely N-dealkylation sites (tertiary alicyclic amines) is 1. The average molecular weight is 322 g/mol. The Hall–Kier alpha value is -1.59. The largest absolute Gasteiger partial charge is 0.481 e. The number of nitrogens with zero attached hydrogens (tertiary/aromatic N) is 1. The van der Waals surface area contributed by atoms with E-state index in [1.54, 1.807) is 4.90 Å². The van der Waals surface area contributed by atoms with Crippen LogP contribution in [0, 0.1) is 29.1 Å². The minimum absolute atomic E-state index is 0.0410. The Morgan fingerprint density at radius 3 is 2.43 bits per heavy atom. The fraction of sp³-hybridized carbons (Fsp3) is 0.824. The summed E-state index contributed by atoms with van der Waals surface area (Å²) in [5.74, 6) is -1.52. The third-order valence-electron chi connectivity index (χ3n) is 5.73. The quantitative estimate of drug-likeness (QED) is 0.794. The average Bonchev–Trinajstić information content (AvgIpc) is 3.40. The molecule has 2 aliphatic carbocycles. The SMILES string of the molecule is CC1(C)[C@H](C(=O)O)[C@@H]1C(=O)N1CCCC(C(=O)NCC2CC2)C1. The molecule has 2 saturated carbocycles. The summed E-state index contributed by atoms with van der Waals surface area (Å²) in [4.78, 5) is 37.9. The fourth-order valence-corrected chi connectivity index (χ4v) is 3.86. The molecule has 1 unspecified atom stereocenters. The van der Waals surface area contributed by atoms with Crippen molar-refractivity contribution in [1.82, 2.24) is 10.2 Å². The van der Waals surface area contributed by atoms with Crippen LogP contribution in [0.5, 0.6) is 0 Å². The maximum Gasteiger partial charge on any atom is 0.307 e. The van der Waals surface area contributed by atoms with Crippen molar-refractivity contribution in [2.75, 3.05) is 19.6 Å². The molecule has 0 aromatic heterocycles. The van der Waals surface area contributed by atoms with E-state index in [1.807, 2.05) is 13.8 Å². The summed E-state index contributed by atoms with van der Waals surface area (Å²) in [6.07, 6.45) is 4.00. The van der Waals surface area contributed by atoms with Gasteiger partial charge in [0.2, 0.25) is 11.8 Å². The highest BCUT2D eigenvalue weighted by molar-refractivity contribution is 5.92. The summed E-state index contributed by atoms with van der Waals surface area (Å²) in [5, 5.41) is 12.2. The van der Waals surface area contributed by atoms with Crippen molar-refractivity contribution in [3.8, 4) is 0 Å². The van der Waals surface area contributed by atoms with Gasteiger partial charge in [0, 0.05) is 19.6 Å². The van der Waals surface area contributed by atoms with E-state index in [9.17, 15) is 19.5 Å². The van der Waals surface area contributed by atoms with Crippen molar-refractivity contribution < 1.29 is 19.5 Å². The van der Waals surface area contributed by atoms with Crippen LogP contribution >= 0.6 is 0 Å². The van der Waals surface area contributed by atoms with Crippen molar-refractivity contribution in [2.24, 2.45) is 29.1 Å². The first-order valence-corrected chi connectivity index (χ1v) is 8.61. The molecule has 2 amide bonds. The fourth-order valence-electron chi connectivity index (χ4n) is 3.86. The standard InChI is InChI=1S/C17H26N2O4/c1-17(2)12(13(17)16(22)23)15(21)19-7-3-4-11(9-19)14(20)18-8-10-5-6-10/h10-13H,3-9H2,1-2H3,(H,18,20)(H,22,23)/t11?,12-,13+/m1/s1. The lowest BCUT2D eigenvalue weighted by molar-refractivity contribution is -0.143. The molecule has 1 saturated heterocycles. The second-order valence-electron chi connectivity index (χ2n) is 7.93. The normalized spacial score (nSPS) is 32.3. The van der Waals surface area contributed by atoms with Crippen molar-refractivity contribution >= 4 is 17.8 Å². The Morgan fingerprint density at radius 2 is 1.87 bits per heavy atom. The van der Waals surface area contributed by atoms with Gasteiger partial charge in [-0.2, -0.15) is 0 Å². The summed E-state index contributed by atoms with van der Waals surface area (Å²) in [7, 11) is 0. The third-order valence-corrected chi connectivity index (χ3v) is 5.73. The molecule has 0 bridgehead atoms. The first-order valence-electron chi connectivity index (χ1n) is 8.61. The molecule has 0 spiro atoms. The van der Waals surface area contributed by atoms with E-state index in [4.69, 9.17) is 0 Å². The summed E-state index contributed by atoms with van der Waals surface area (Å²) in [5.41, 5.74) is -0.482. The number of aliphatic carboxylic acids is 1. The maximum atomic E-state index is 12.7. The van der Waals surface area contributed by atoms with Gasteiger partial charge in [0.25, 0.3) is 0 Å². The monoisotopic (exact) mass is 322 g/mol. The Kier molecular flexibility index (Phi) is 4.10. The highest BCUT2D eigenvalue weighted by atomic mass is 16.4. The topological polar surface area (TPSA) is 86.7 Å². The number of carboxylic acid groups (broad SMARTS) is 1. The second kappa shape index (κ2) is 5.80. The van der Waals surface area contributed by atoms with E-state index in [1.165, 1.54) is 12.8 Å². The molecule has 3 atom stereocenters. The number of hydrogen-bond donors (Lipinski definition) is 2. The summed E-state index contributed by atoms with van der Waals surface area (Å²) in [6.45, 7) is 5.47. The maximum absolute atomic E-state index is 12.7. The van der Waals surface area contributed by atoms with Crippen LogP contribution in [-0.2, 0) is 14.4 Å². The summed E-state index contributed by atoms with van der Waals surface area (Å²) < 4.78 is 0. The van der Waals surface area contributed by atoms with Crippen LogP contribution in [0.3, 0.4) is 0 Å². The lowest BCUT2D eigenvalue weighted by Gasteiger charge is -2.32. The predicted molar refractivity (Wildman–Crippen MR) is 83.4 cm³/mol. The van der Waals surface area contributed by atoms with Crippen LogP contribution in [0.4, 0.5) is 0 Å². The van der Waals surface area contributed by atoms with Crippen LogP contribution in [0.25, 0.3) is 0 Å². The third kappa shape index (κ3) is 3.21. The molecule has 2 N–H and O–H groups in total. The van der Waals surface area contributed by atoms with E-state index < -0.39 is 23.2 Å². The van der Waals surface area contributed by atoms with Gasteiger partial charge in [-0.15, -0.1) is 0 Å². The Bertz CT molecular complexity index is 527. The molecule has 6 nitrogen and oxygen atoms in total. The van der Waals surface area contributed by atoms with Crippen LogP contribution in [0.15, 0.2) is 0 Å². The molecule has 3 rings (SSSR count). The Balaban J connectivity index is 1.56. The number of nitrogens with one attached hydrogen (secondary N) is 1. The van der Waals surface area contributed by atoms with Gasteiger partial charge in [0.15, 0.2) is 0 Å². The van der Waals surface area contributed by atoms with E-state index in [-0.39, 0.29) is 17.7 Å². The van der Waals surface area contributed by atoms with Crippen molar-refractivity contribution in [2.45, 2.75) is 39.5 Å². The number of carbonyl (C=O) groups is 3. The smallest absolute Gasteiger partial charge is 0.307 e. The zero-order valence-electron chi connectivity index (χ0n) is 13.9. The molecule has 0 radical (unpaired) electrons. The van der Waals surface area contributed by atoms with Crippen LogP contribution in [-0.4, -0.2) is 47.4 Å². The second-order valence-corrected chi connectivity index (χ2v) is 7.93. The Labute approximate surface area is 136 Å². The first kappa shape index (κ1) is 16.3. The molecule has 6 heteroatoms. The van der Waals surface area contributed by atoms with E-state index >= 15 is 0 Å². The van der Waals surface area contributed by atoms with E-state index in [2.05, 4.69) is 5.32 Å². The lowest BCUT2D eigenvalue weighted by Crippen LogP contribution is -2.46. The molecular weight excluding hydrogens is 296 g/mol. The van der Waals surface area contributed by atoms with Gasteiger partial charge in [0.05, 0.1) is 17.8 Å². The van der Waals surface area contributed by atoms with E-state index in [0.29, 0.717) is 19.0 Å². The Morgan fingerprint density at radius 1 is 1.17 bits per heavy atom. The zero-order chi connectivity index (χ0) is 16.8. The molecule has 1 aliphatic heterocycles. The molecule has 3 aliphatic rings. The van der Waals surface area contributed by atoms with Gasteiger partial charge < -0.3 is 15.3 Å². The van der Waals surface area contributed by atoms with Gasteiger partial charge in [-0.25, -0.2) is 0 Å². The number of carboxylic acids is 1. The summed E-state index contributed by atoms with van der Waals surface area (Å²) >= 11 is 0. The van der Waals surface area contributed by atoms with Gasteiger partial charge in [-0.3, -0.25) is 14.4 Å². The van der Waals surface area contributed by atoms with Crippen molar-refractivity contribution in [3.63, 3.8) is 0 Å². The van der Waals surface area contributed by atoms with Gasteiger partial charge in [-0.05, 0) is 37.0 Å². The molecule has 3 fully saturated rings. The molecule has 23 heavy (non-hydrogen) atoms.